The summed E-state index contributed by atoms with van der Waals surface area (Å²) in [4.78, 5) is 39.6. The standard InChI is InChI=1S/C24H25NO5/c1-5-25(14-15(2)24(28)29-4)23(27)19-13-9-12-18-20(26)16(3)21(30-22(18)19)17-10-7-6-8-11-17/h6-13,15H,5,14H2,1-4H3. The van der Waals surface area contributed by atoms with Gasteiger partial charge in [0.2, 0.25) is 0 Å². The van der Waals surface area contributed by atoms with Crippen molar-refractivity contribution >= 4 is 22.8 Å². The Morgan fingerprint density at radius 2 is 1.80 bits per heavy atom. The molecule has 2 aromatic carbocycles. The van der Waals surface area contributed by atoms with Crippen LogP contribution in [-0.4, -0.2) is 37.0 Å². The predicted octanol–water partition coefficient (Wildman–Crippen LogP) is 4.04. The molecule has 0 aliphatic heterocycles. The molecule has 0 bridgehead atoms. The molecule has 1 heterocycles. The number of para-hydroxylation sites is 1. The van der Waals surface area contributed by atoms with Gasteiger partial charge in [-0.3, -0.25) is 14.4 Å². The Hall–Kier alpha value is -3.41. The second-order valence-electron chi connectivity index (χ2n) is 7.20. The second kappa shape index (κ2) is 8.95. The molecule has 0 saturated carbocycles. The fraction of sp³-hybridized carbons (Fsp3) is 0.292. The first kappa shape index (κ1) is 21.3. The largest absolute Gasteiger partial charge is 0.469 e. The summed E-state index contributed by atoms with van der Waals surface area (Å²) in [5.74, 6) is -0.708. The number of benzene rings is 2. The minimum atomic E-state index is -0.469. The first-order valence-electron chi connectivity index (χ1n) is 9.88. The summed E-state index contributed by atoms with van der Waals surface area (Å²) in [5.41, 5.74) is 1.63. The van der Waals surface area contributed by atoms with E-state index in [2.05, 4.69) is 0 Å². The van der Waals surface area contributed by atoms with Gasteiger partial charge >= 0.3 is 5.97 Å². The minimum absolute atomic E-state index is 0.171. The van der Waals surface area contributed by atoms with Gasteiger partial charge in [-0.05, 0) is 26.0 Å². The Balaban J connectivity index is 2.12. The van der Waals surface area contributed by atoms with Crippen molar-refractivity contribution in [2.75, 3.05) is 20.2 Å². The second-order valence-corrected chi connectivity index (χ2v) is 7.20. The van der Waals surface area contributed by atoms with E-state index in [-0.39, 0.29) is 29.4 Å². The lowest BCUT2D eigenvalue weighted by molar-refractivity contribution is -0.145. The molecule has 0 aliphatic rings. The Kier molecular flexibility index (Phi) is 6.35. The average Bonchev–Trinajstić information content (AvgIpc) is 2.78. The SMILES string of the molecule is CCN(CC(C)C(=O)OC)C(=O)c1cccc2c(=O)c(C)c(-c3ccccc3)oc12. The van der Waals surface area contributed by atoms with Crippen molar-refractivity contribution in [1.29, 1.82) is 0 Å². The predicted molar refractivity (Wildman–Crippen MR) is 115 cm³/mol. The van der Waals surface area contributed by atoms with Crippen molar-refractivity contribution in [2.24, 2.45) is 5.92 Å². The van der Waals surface area contributed by atoms with Crippen LogP contribution in [-0.2, 0) is 9.53 Å². The fourth-order valence-corrected chi connectivity index (χ4v) is 3.48. The summed E-state index contributed by atoms with van der Waals surface area (Å²) < 4.78 is 10.9. The summed E-state index contributed by atoms with van der Waals surface area (Å²) in [5, 5.41) is 0.357. The van der Waals surface area contributed by atoms with Crippen LogP contribution in [0.1, 0.15) is 29.8 Å². The maximum atomic E-state index is 13.3. The van der Waals surface area contributed by atoms with E-state index in [0.717, 1.165) is 5.56 Å². The highest BCUT2D eigenvalue weighted by Crippen LogP contribution is 2.28. The zero-order chi connectivity index (χ0) is 21.8. The van der Waals surface area contributed by atoms with E-state index in [1.54, 1.807) is 36.9 Å². The number of ether oxygens (including phenoxy) is 1. The highest BCUT2D eigenvalue weighted by Gasteiger charge is 2.24. The number of esters is 1. The van der Waals surface area contributed by atoms with Gasteiger partial charge in [-0.2, -0.15) is 0 Å². The number of carbonyl (C=O) groups excluding carboxylic acids is 2. The van der Waals surface area contributed by atoms with Crippen LogP contribution in [0.3, 0.4) is 0 Å². The average molecular weight is 407 g/mol. The number of amides is 1. The van der Waals surface area contributed by atoms with Gasteiger partial charge in [0, 0.05) is 24.2 Å². The molecule has 6 nitrogen and oxygen atoms in total. The topological polar surface area (TPSA) is 76.8 Å². The number of carbonyl (C=O) groups is 2. The number of rotatable bonds is 6. The van der Waals surface area contributed by atoms with Gasteiger partial charge in [0.05, 0.1) is 24.0 Å². The number of methoxy groups -OCH3 is 1. The van der Waals surface area contributed by atoms with Crippen LogP contribution in [0.4, 0.5) is 0 Å². The molecule has 1 amide bonds. The van der Waals surface area contributed by atoms with E-state index in [1.165, 1.54) is 7.11 Å². The van der Waals surface area contributed by atoms with Gasteiger partial charge < -0.3 is 14.1 Å². The molecule has 156 valence electrons. The van der Waals surface area contributed by atoms with E-state index in [9.17, 15) is 14.4 Å². The van der Waals surface area contributed by atoms with E-state index < -0.39 is 5.92 Å². The molecular weight excluding hydrogens is 382 g/mol. The van der Waals surface area contributed by atoms with Gasteiger partial charge in [-0.15, -0.1) is 0 Å². The van der Waals surface area contributed by atoms with Crippen molar-refractivity contribution in [3.05, 3.63) is 69.9 Å². The van der Waals surface area contributed by atoms with E-state index >= 15 is 0 Å². The molecule has 0 fully saturated rings. The zero-order valence-corrected chi connectivity index (χ0v) is 17.6. The normalized spacial score (nSPS) is 11.9. The third kappa shape index (κ3) is 3.99. The Bertz CT molecular complexity index is 1130. The number of fused-ring (bicyclic) bond motifs is 1. The molecule has 0 radical (unpaired) electrons. The molecule has 0 saturated heterocycles. The zero-order valence-electron chi connectivity index (χ0n) is 17.6. The Morgan fingerprint density at radius 1 is 1.10 bits per heavy atom. The third-order valence-corrected chi connectivity index (χ3v) is 5.18. The summed E-state index contributed by atoms with van der Waals surface area (Å²) >= 11 is 0. The number of nitrogens with zero attached hydrogens (tertiary/aromatic N) is 1. The molecular formula is C24H25NO5. The van der Waals surface area contributed by atoms with Gasteiger partial charge in [0.25, 0.3) is 5.91 Å². The lowest BCUT2D eigenvalue weighted by Gasteiger charge is -2.24. The molecule has 6 heteroatoms. The monoisotopic (exact) mass is 407 g/mol. The lowest BCUT2D eigenvalue weighted by atomic mass is 10.0. The fourth-order valence-electron chi connectivity index (χ4n) is 3.48. The highest BCUT2D eigenvalue weighted by molar-refractivity contribution is 6.05. The molecule has 1 unspecified atom stereocenters. The van der Waals surface area contributed by atoms with Crippen LogP contribution < -0.4 is 5.43 Å². The summed E-state index contributed by atoms with van der Waals surface area (Å²) in [6, 6.07) is 14.3. The van der Waals surface area contributed by atoms with Gasteiger partial charge in [-0.1, -0.05) is 43.3 Å². The highest BCUT2D eigenvalue weighted by atomic mass is 16.5. The summed E-state index contributed by atoms with van der Waals surface area (Å²) in [6.07, 6.45) is 0. The molecule has 0 spiro atoms. The molecule has 3 rings (SSSR count). The summed E-state index contributed by atoms with van der Waals surface area (Å²) in [7, 11) is 1.32. The van der Waals surface area contributed by atoms with Crippen LogP contribution in [0.25, 0.3) is 22.3 Å². The molecule has 3 aromatic rings. The van der Waals surface area contributed by atoms with Gasteiger partial charge in [-0.25, -0.2) is 0 Å². The number of hydrogen-bond acceptors (Lipinski definition) is 5. The maximum absolute atomic E-state index is 13.3. The van der Waals surface area contributed by atoms with E-state index in [0.29, 0.717) is 28.8 Å². The molecule has 1 atom stereocenters. The van der Waals surface area contributed by atoms with Crippen LogP contribution in [0.15, 0.2) is 57.7 Å². The number of hydrogen-bond donors (Lipinski definition) is 0. The molecule has 0 aliphatic carbocycles. The molecule has 1 aromatic heterocycles. The van der Waals surface area contributed by atoms with Crippen LogP contribution in [0, 0.1) is 12.8 Å². The van der Waals surface area contributed by atoms with E-state index in [1.807, 2.05) is 37.3 Å². The van der Waals surface area contributed by atoms with Crippen molar-refractivity contribution in [1.82, 2.24) is 4.90 Å². The minimum Gasteiger partial charge on any atom is -0.469 e. The van der Waals surface area contributed by atoms with Crippen molar-refractivity contribution < 1.29 is 18.7 Å². The van der Waals surface area contributed by atoms with Crippen LogP contribution >= 0.6 is 0 Å². The van der Waals surface area contributed by atoms with Gasteiger partial charge in [0.15, 0.2) is 11.0 Å². The maximum Gasteiger partial charge on any atom is 0.310 e. The smallest absolute Gasteiger partial charge is 0.310 e. The molecule has 0 N–H and O–H groups in total. The third-order valence-electron chi connectivity index (χ3n) is 5.18. The summed E-state index contributed by atoms with van der Waals surface area (Å²) in [6.45, 7) is 5.88. The van der Waals surface area contributed by atoms with Crippen LogP contribution in [0.5, 0.6) is 0 Å². The Labute approximate surface area is 175 Å². The molecule has 30 heavy (non-hydrogen) atoms. The first-order valence-corrected chi connectivity index (χ1v) is 9.88. The van der Waals surface area contributed by atoms with Crippen molar-refractivity contribution in [2.45, 2.75) is 20.8 Å². The van der Waals surface area contributed by atoms with E-state index in [4.69, 9.17) is 9.15 Å². The Morgan fingerprint density at radius 3 is 2.43 bits per heavy atom. The van der Waals surface area contributed by atoms with Crippen molar-refractivity contribution in [3.8, 4) is 11.3 Å². The van der Waals surface area contributed by atoms with Crippen LogP contribution in [0.2, 0.25) is 0 Å². The quantitative estimate of drug-likeness (QED) is 0.577. The van der Waals surface area contributed by atoms with Crippen molar-refractivity contribution in [3.63, 3.8) is 0 Å². The van der Waals surface area contributed by atoms with Gasteiger partial charge in [0.1, 0.15) is 5.76 Å². The first-order chi connectivity index (χ1) is 14.4. The lowest BCUT2D eigenvalue weighted by Crippen LogP contribution is -2.37.